The van der Waals surface area contributed by atoms with Gasteiger partial charge in [0.25, 0.3) is 0 Å². The molecule has 0 bridgehead atoms. The number of nitrogens with zero attached hydrogens (tertiary/aromatic N) is 2. The van der Waals surface area contributed by atoms with Gasteiger partial charge in [-0.25, -0.2) is 4.68 Å². The predicted molar refractivity (Wildman–Crippen MR) is 90.5 cm³/mol. The van der Waals surface area contributed by atoms with Crippen molar-refractivity contribution in [2.75, 3.05) is 6.54 Å². The summed E-state index contributed by atoms with van der Waals surface area (Å²) in [5.41, 5.74) is 5.95. The van der Waals surface area contributed by atoms with Crippen molar-refractivity contribution in [1.29, 1.82) is 0 Å². The molecule has 0 radical (unpaired) electrons. The normalized spacial score (nSPS) is 14.1. The molecule has 4 heteroatoms. The molecule has 0 aliphatic rings. The molecule has 0 saturated heterocycles. The summed E-state index contributed by atoms with van der Waals surface area (Å²) in [5, 5.41) is 17.4. The van der Waals surface area contributed by atoms with Crippen LogP contribution >= 0.6 is 0 Å². The summed E-state index contributed by atoms with van der Waals surface area (Å²) in [6.07, 6.45) is 2.43. The number of aliphatic hydroxyl groups is 1. The number of nitrogens with one attached hydrogen (secondary N) is 1. The fourth-order valence-corrected chi connectivity index (χ4v) is 2.66. The molecule has 2 N–H and O–H groups in total. The van der Waals surface area contributed by atoms with Gasteiger partial charge in [-0.3, -0.25) is 0 Å². The van der Waals surface area contributed by atoms with Gasteiger partial charge in [-0.05, 0) is 64.8 Å². The number of aliphatic hydroxyl groups excluding tert-OH is 1. The van der Waals surface area contributed by atoms with Crippen molar-refractivity contribution < 1.29 is 5.11 Å². The van der Waals surface area contributed by atoms with Gasteiger partial charge in [0.1, 0.15) is 0 Å². The first-order chi connectivity index (χ1) is 10.4. The fraction of sp³-hybridized carbons (Fsp3) is 0.500. The number of aryl methyl sites for hydroxylation is 2. The SMILES string of the molecule is Cc1ccc(C)c(-n2ncc(C(C)NCCC(C)O)c2C)c1. The second-order valence-electron chi connectivity index (χ2n) is 6.20. The highest BCUT2D eigenvalue weighted by molar-refractivity contribution is 5.44. The number of aromatic nitrogens is 2. The average molecular weight is 301 g/mol. The van der Waals surface area contributed by atoms with E-state index in [1.54, 1.807) is 0 Å². The second-order valence-corrected chi connectivity index (χ2v) is 6.20. The van der Waals surface area contributed by atoms with E-state index in [1.165, 1.54) is 16.7 Å². The van der Waals surface area contributed by atoms with Crippen LogP contribution in [-0.2, 0) is 0 Å². The van der Waals surface area contributed by atoms with E-state index in [0.717, 1.165) is 24.3 Å². The first kappa shape index (κ1) is 16.7. The van der Waals surface area contributed by atoms with Gasteiger partial charge < -0.3 is 10.4 Å². The van der Waals surface area contributed by atoms with Crippen LogP contribution in [0.3, 0.4) is 0 Å². The molecule has 1 heterocycles. The highest BCUT2D eigenvalue weighted by Gasteiger charge is 2.15. The van der Waals surface area contributed by atoms with E-state index in [9.17, 15) is 5.11 Å². The molecule has 1 aromatic carbocycles. The summed E-state index contributed by atoms with van der Waals surface area (Å²) in [6.45, 7) is 11.1. The Hall–Kier alpha value is -1.65. The molecule has 22 heavy (non-hydrogen) atoms. The Labute approximate surface area is 133 Å². The summed E-state index contributed by atoms with van der Waals surface area (Å²) in [6, 6.07) is 6.65. The van der Waals surface area contributed by atoms with E-state index < -0.39 is 0 Å². The molecule has 0 aliphatic heterocycles. The monoisotopic (exact) mass is 301 g/mol. The van der Waals surface area contributed by atoms with Crippen LogP contribution < -0.4 is 5.32 Å². The number of rotatable bonds is 6. The van der Waals surface area contributed by atoms with E-state index in [4.69, 9.17) is 0 Å². The maximum atomic E-state index is 9.34. The summed E-state index contributed by atoms with van der Waals surface area (Å²) < 4.78 is 2.02. The minimum atomic E-state index is -0.265. The molecular formula is C18H27N3O. The highest BCUT2D eigenvalue weighted by atomic mass is 16.3. The first-order valence-corrected chi connectivity index (χ1v) is 7.93. The van der Waals surface area contributed by atoms with Crippen molar-refractivity contribution in [2.24, 2.45) is 0 Å². The van der Waals surface area contributed by atoms with E-state index >= 15 is 0 Å². The minimum absolute atomic E-state index is 0.220. The Morgan fingerprint density at radius 2 is 1.95 bits per heavy atom. The predicted octanol–water partition coefficient (Wildman–Crippen LogP) is 3.22. The molecule has 0 aliphatic carbocycles. The molecule has 0 amide bonds. The molecule has 2 aromatic rings. The fourth-order valence-electron chi connectivity index (χ4n) is 2.66. The molecule has 0 saturated carbocycles. The Kier molecular flexibility index (Phi) is 5.37. The maximum Gasteiger partial charge on any atom is 0.0680 e. The standard InChI is InChI=1S/C18H27N3O/c1-12-6-7-13(2)18(10-12)21-16(5)17(11-20-21)15(4)19-9-8-14(3)22/h6-7,10-11,14-15,19,22H,8-9H2,1-5H3. The van der Waals surface area contributed by atoms with Gasteiger partial charge in [0.05, 0.1) is 18.0 Å². The second kappa shape index (κ2) is 7.07. The third kappa shape index (κ3) is 3.76. The smallest absolute Gasteiger partial charge is 0.0680 e. The average Bonchev–Trinajstić information content (AvgIpc) is 2.83. The van der Waals surface area contributed by atoms with Crippen molar-refractivity contribution in [2.45, 2.75) is 53.2 Å². The Bertz CT molecular complexity index is 631. The molecule has 1 aromatic heterocycles. The van der Waals surface area contributed by atoms with E-state index in [1.807, 2.05) is 17.8 Å². The topological polar surface area (TPSA) is 50.1 Å². The zero-order valence-electron chi connectivity index (χ0n) is 14.2. The van der Waals surface area contributed by atoms with Crippen molar-refractivity contribution in [3.63, 3.8) is 0 Å². The van der Waals surface area contributed by atoms with Gasteiger partial charge >= 0.3 is 0 Å². The first-order valence-electron chi connectivity index (χ1n) is 7.93. The van der Waals surface area contributed by atoms with Gasteiger partial charge in [-0.1, -0.05) is 12.1 Å². The van der Waals surface area contributed by atoms with Crippen LogP contribution in [0.2, 0.25) is 0 Å². The highest BCUT2D eigenvalue weighted by Crippen LogP contribution is 2.22. The van der Waals surface area contributed by atoms with Crippen LogP contribution in [0.15, 0.2) is 24.4 Å². The number of hydrogen-bond acceptors (Lipinski definition) is 3. The van der Waals surface area contributed by atoms with Crippen LogP contribution in [0.5, 0.6) is 0 Å². The molecule has 0 spiro atoms. The summed E-state index contributed by atoms with van der Waals surface area (Å²) in [5.74, 6) is 0. The van der Waals surface area contributed by atoms with E-state index in [0.29, 0.717) is 0 Å². The third-order valence-corrected chi connectivity index (χ3v) is 4.12. The van der Waals surface area contributed by atoms with Crippen LogP contribution in [0, 0.1) is 20.8 Å². The largest absolute Gasteiger partial charge is 0.393 e. The summed E-state index contributed by atoms with van der Waals surface area (Å²) in [4.78, 5) is 0. The van der Waals surface area contributed by atoms with Gasteiger partial charge in [-0.15, -0.1) is 0 Å². The Morgan fingerprint density at radius 1 is 1.23 bits per heavy atom. The van der Waals surface area contributed by atoms with Gasteiger partial charge in [0.15, 0.2) is 0 Å². The van der Waals surface area contributed by atoms with E-state index in [-0.39, 0.29) is 12.1 Å². The lowest BCUT2D eigenvalue weighted by molar-refractivity contribution is 0.182. The molecule has 0 fully saturated rings. The quantitative estimate of drug-likeness (QED) is 0.861. The molecule has 4 nitrogen and oxygen atoms in total. The zero-order chi connectivity index (χ0) is 16.3. The molecular weight excluding hydrogens is 274 g/mol. The summed E-state index contributed by atoms with van der Waals surface area (Å²) >= 11 is 0. The Balaban J connectivity index is 2.20. The molecule has 120 valence electrons. The van der Waals surface area contributed by atoms with Crippen molar-refractivity contribution in [3.8, 4) is 5.69 Å². The van der Waals surface area contributed by atoms with E-state index in [2.05, 4.69) is 56.3 Å². The van der Waals surface area contributed by atoms with Gasteiger partial charge in [-0.2, -0.15) is 5.10 Å². The van der Waals surface area contributed by atoms with Crippen LogP contribution in [0.4, 0.5) is 0 Å². The maximum absolute atomic E-state index is 9.34. The van der Waals surface area contributed by atoms with Crippen molar-refractivity contribution in [1.82, 2.24) is 15.1 Å². The molecule has 2 unspecified atom stereocenters. The third-order valence-electron chi connectivity index (χ3n) is 4.12. The van der Waals surface area contributed by atoms with Gasteiger partial charge in [0.2, 0.25) is 0 Å². The number of hydrogen-bond donors (Lipinski definition) is 2. The summed E-state index contributed by atoms with van der Waals surface area (Å²) in [7, 11) is 0. The molecule has 2 rings (SSSR count). The van der Waals surface area contributed by atoms with Gasteiger partial charge in [0, 0.05) is 17.3 Å². The lowest BCUT2D eigenvalue weighted by atomic mass is 10.1. The lowest BCUT2D eigenvalue weighted by Crippen LogP contribution is -2.23. The van der Waals surface area contributed by atoms with Crippen molar-refractivity contribution >= 4 is 0 Å². The van der Waals surface area contributed by atoms with Crippen LogP contribution in [0.1, 0.15) is 48.7 Å². The van der Waals surface area contributed by atoms with Crippen LogP contribution in [0.25, 0.3) is 5.69 Å². The minimum Gasteiger partial charge on any atom is -0.393 e. The van der Waals surface area contributed by atoms with Crippen LogP contribution in [-0.4, -0.2) is 27.5 Å². The lowest BCUT2D eigenvalue weighted by Gasteiger charge is -2.15. The Morgan fingerprint density at radius 3 is 2.64 bits per heavy atom. The zero-order valence-corrected chi connectivity index (χ0v) is 14.2. The van der Waals surface area contributed by atoms with Crippen molar-refractivity contribution in [3.05, 3.63) is 46.8 Å². The number of benzene rings is 1. The molecule has 2 atom stereocenters.